The van der Waals surface area contributed by atoms with Crippen molar-refractivity contribution < 1.29 is 4.74 Å². The largest absolute Gasteiger partial charge is 0.497 e. The Balaban J connectivity index is 1.73. The molecule has 22 heavy (non-hydrogen) atoms. The zero-order chi connectivity index (χ0) is 15.7. The second-order valence-electron chi connectivity index (χ2n) is 5.45. The lowest BCUT2D eigenvalue weighted by Crippen LogP contribution is -2.50. The second-order valence-corrected chi connectivity index (χ2v) is 5.45. The Hall–Kier alpha value is -2.54. The molecule has 0 fully saturated rings. The van der Waals surface area contributed by atoms with Crippen molar-refractivity contribution in [1.82, 2.24) is 9.55 Å². The smallest absolute Gasteiger partial charge is 0.186 e. The lowest BCUT2D eigenvalue weighted by Gasteiger charge is -2.31. The van der Waals surface area contributed by atoms with Crippen molar-refractivity contribution in [3.63, 3.8) is 0 Å². The second kappa shape index (κ2) is 5.34. The van der Waals surface area contributed by atoms with Crippen LogP contribution < -0.4 is 21.5 Å². The first-order valence-electron chi connectivity index (χ1n) is 7.08. The van der Waals surface area contributed by atoms with E-state index in [-0.39, 0.29) is 0 Å². The minimum atomic E-state index is -0.939. The molecule has 1 aromatic heterocycles. The van der Waals surface area contributed by atoms with Gasteiger partial charge in [0.15, 0.2) is 11.6 Å². The summed E-state index contributed by atoms with van der Waals surface area (Å²) in [6, 6.07) is 7.90. The highest BCUT2D eigenvalue weighted by atomic mass is 16.5. The Morgan fingerprint density at radius 1 is 1.32 bits per heavy atom. The number of imidazole rings is 1. The number of fused-ring (bicyclic) bond motifs is 1. The molecule has 0 saturated heterocycles. The van der Waals surface area contributed by atoms with Gasteiger partial charge >= 0.3 is 0 Å². The van der Waals surface area contributed by atoms with Crippen LogP contribution in [-0.4, -0.2) is 28.3 Å². The van der Waals surface area contributed by atoms with Crippen LogP contribution in [0.4, 0.5) is 5.82 Å². The number of aliphatic imine (C=N–C) groups is 1. The molecule has 116 valence electrons. The van der Waals surface area contributed by atoms with Crippen LogP contribution in [0.15, 0.2) is 35.6 Å². The number of rotatable bonds is 4. The molecule has 2 aromatic rings. The Morgan fingerprint density at radius 3 is 2.73 bits per heavy atom. The molecular formula is C15H20N6O. The van der Waals surface area contributed by atoms with E-state index in [4.69, 9.17) is 16.2 Å². The molecular weight excluding hydrogens is 280 g/mol. The van der Waals surface area contributed by atoms with Crippen LogP contribution in [0.3, 0.4) is 0 Å². The summed E-state index contributed by atoms with van der Waals surface area (Å²) in [6.07, 6.45) is 3.07. The van der Waals surface area contributed by atoms with Gasteiger partial charge in [0.25, 0.3) is 0 Å². The number of anilines is 1. The molecule has 0 radical (unpaired) electrons. The fourth-order valence-electron chi connectivity index (χ4n) is 2.57. The first kappa shape index (κ1) is 14.4. The molecule has 1 unspecified atom stereocenters. The number of aryl methyl sites for hydroxylation is 2. The van der Waals surface area contributed by atoms with Gasteiger partial charge in [-0.3, -0.25) is 5.73 Å². The van der Waals surface area contributed by atoms with E-state index in [1.54, 1.807) is 13.4 Å². The van der Waals surface area contributed by atoms with Crippen molar-refractivity contribution in [1.29, 1.82) is 0 Å². The highest BCUT2D eigenvalue weighted by Gasteiger charge is 2.32. The predicted molar refractivity (Wildman–Crippen MR) is 85.8 cm³/mol. The van der Waals surface area contributed by atoms with Crippen LogP contribution >= 0.6 is 0 Å². The third-order valence-corrected chi connectivity index (χ3v) is 3.79. The Bertz CT molecular complexity index is 705. The number of aromatic nitrogens is 2. The van der Waals surface area contributed by atoms with Gasteiger partial charge in [-0.25, -0.2) is 9.98 Å². The number of hydrogen-bond acceptors (Lipinski definition) is 6. The summed E-state index contributed by atoms with van der Waals surface area (Å²) in [5.41, 5.74) is 14.3. The number of nitrogens with two attached hydrogens (primary N) is 2. The number of ether oxygens (including phenoxy) is 1. The van der Waals surface area contributed by atoms with E-state index >= 15 is 0 Å². The van der Waals surface area contributed by atoms with Crippen LogP contribution in [0.5, 0.6) is 5.75 Å². The number of methoxy groups -OCH3 is 1. The van der Waals surface area contributed by atoms with Gasteiger partial charge < -0.3 is 20.4 Å². The molecule has 0 aliphatic carbocycles. The quantitative estimate of drug-likeness (QED) is 0.775. The van der Waals surface area contributed by atoms with Crippen LogP contribution in [0.25, 0.3) is 0 Å². The SMILES string of the molecule is COc1ccc(CCC2(N)N=C(N)c3c(ncn3C)N2)cc1. The maximum atomic E-state index is 6.32. The van der Waals surface area contributed by atoms with Crippen LogP contribution in [0.2, 0.25) is 0 Å². The number of amidine groups is 1. The van der Waals surface area contributed by atoms with Gasteiger partial charge in [0.05, 0.1) is 13.4 Å². The van der Waals surface area contributed by atoms with Gasteiger partial charge in [0, 0.05) is 13.5 Å². The van der Waals surface area contributed by atoms with E-state index < -0.39 is 5.79 Å². The molecule has 0 bridgehead atoms. The molecule has 7 heteroatoms. The third-order valence-electron chi connectivity index (χ3n) is 3.79. The molecule has 1 aliphatic heterocycles. The number of hydrogen-bond donors (Lipinski definition) is 3. The van der Waals surface area contributed by atoms with Crippen LogP contribution in [0, 0.1) is 0 Å². The zero-order valence-corrected chi connectivity index (χ0v) is 12.7. The third kappa shape index (κ3) is 2.62. The first-order chi connectivity index (χ1) is 10.5. The van der Waals surface area contributed by atoms with Gasteiger partial charge in [-0.05, 0) is 24.1 Å². The van der Waals surface area contributed by atoms with E-state index in [0.717, 1.165) is 23.4 Å². The van der Waals surface area contributed by atoms with E-state index in [0.29, 0.717) is 18.1 Å². The van der Waals surface area contributed by atoms with Crippen molar-refractivity contribution in [2.75, 3.05) is 12.4 Å². The van der Waals surface area contributed by atoms with Crippen molar-refractivity contribution in [3.8, 4) is 5.75 Å². The molecule has 0 spiro atoms. The summed E-state index contributed by atoms with van der Waals surface area (Å²) < 4.78 is 6.98. The summed E-state index contributed by atoms with van der Waals surface area (Å²) in [4.78, 5) is 8.69. The van der Waals surface area contributed by atoms with Gasteiger partial charge in [0.2, 0.25) is 0 Å². The van der Waals surface area contributed by atoms with Crippen LogP contribution in [0.1, 0.15) is 17.7 Å². The van der Waals surface area contributed by atoms with Gasteiger partial charge in [0.1, 0.15) is 17.3 Å². The average Bonchev–Trinajstić information content (AvgIpc) is 2.87. The van der Waals surface area contributed by atoms with E-state index in [1.165, 1.54) is 0 Å². The maximum absolute atomic E-state index is 6.32. The molecule has 0 amide bonds. The summed E-state index contributed by atoms with van der Waals surface area (Å²) in [6.45, 7) is 0. The normalized spacial score (nSPS) is 20.0. The standard InChI is InChI=1S/C15H20N6O/c1-21-9-18-14-12(21)13(16)19-15(17,20-14)8-7-10-3-5-11(22-2)6-4-10/h3-6,9,20H,7-8,17H2,1-2H3,(H2,16,19). The molecule has 1 atom stereocenters. The highest BCUT2D eigenvalue weighted by Crippen LogP contribution is 2.25. The molecule has 1 aromatic carbocycles. The van der Waals surface area contributed by atoms with E-state index in [1.807, 2.05) is 35.9 Å². The minimum absolute atomic E-state index is 0.408. The summed E-state index contributed by atoms with van der Waals surface area (Å²) >= 11 is 0. The molecule has 1 aliphatic rings. The average molecular weight is 300 g/mol. The first-order valence-corrected chi connectivity index (χ1v) is 7.08. The summed E-state index contributed by atoms with van der Waals surface area (Å²) in [5.74, 6) is 0.978. The number of nitrogens with one attached hydrogen (secondary N) is 1. The fraction of sp³-hybridized carbons (Fsp3) is 0.333. The molecule has 7 nitrogen and oxygen atoms in total. The summed E-state index contributed by atoms with van der Waals surface area (Å²) in [5, 5.41) is 3.17. The number of benzene rings is 1. The Labute approximate surface area is 129 Å². The highest BCUT2D eigenvalue weighted by molar-refractivity contribution is 6.01. The van der Waals surface area contributed by atoms with E-state index in [2.05, 4.69) is 15.3 Å². The fourth-order valence-corrected chi connectivity index (χ4v) is 2.57. The van der Waals surface area contributed by atoms with Crippen LogP contribution in [-0.2, 0) is 13.5 Å². The van der Waals surface area contributed by atoms with Gasteiger partial charge in [-0.1, -0.05) is 12.1 Å². The lowest BCUT2D eigenvalue weighted by molar-refractivity contribution is 0.414. The van der Waals surface area contributed by atoms with E-state index in [9.17, 15) is 0 Å². The van der Waals surface area contributed by atoms with Crippen molar-refractivity contribution in [2.24, 2.45) is 23.5 Å². The van der Waals surface area contributed by atoms with Gasteiger partial charge in [-0.2, -0.15) is 0 Å². The number of nitrogens with zero attached hydrogens (tertiary/aromatic N) is 3. The molecule has 2 heterocycles. The molecule has 3 rings (SSSR count). The van der Waals surface area contributed by atoms with Gasteiger partial charge in [-0.15, -0.1) is 0 Å². The Morgan fingerprint density at radius 2 is 2.05 bits per heavy atom. The Kier molecular flexibility index (Phi) is 3.50. The van der Waals surface area contributed by atoms with Crippen molar-refractivity contribution in [3.05, 3.63) is 41.9 Å². The predicted octanol–water partition coefficient (Wildman–Crippen LogP) is 0.805. The molecule has 0 saturated carbocycles. The topological polar surface area (TPSA) is 103 Å². The summed E-state index contributed by atoms with van der Waals surface area (Å²) in [7, 11) is 3.52. The molecule has 5 N–H and O–H groups in total. The lowest BCUT2D eigenvalue weighted by atomic mass is 10.0. The van der Waals surface area contributed by atoms with Crippen molar-refractivity contribution in [2.45, 2.75) is 18.6 Å². The monoisotopic (exact) mass is 300 g/mol. The van der Waals surface area contributed by atoms with Crippen molar-refractivity contribution >= 4 is 11.7 Å². The zero-order valence-electron chi connectivity index (χ0n) is 12.7. The maximum Gasteiger partial charge on any atom is 0.186 e. The minimum Gasteiger partial charge on any atom is -0.497 e.